The Morgan fingerprint density at radius 3 is 1.39 bits per heavy atom. The van der Waals surface area contributed by atoms with Gasteiger partial charge in [-0.3, -0.25) is 9.80 Å². The van der Waals surface area contributed by atoms with Crippen molar-refractivity contribution in [3.8, 4) is 11.5 Å². The Balaban J connectivity index is 1.26. The first-order valence-corrected chi connectivity index (χ1v) is 12.0. The van der Waals surface area contributed by atoms with Gasteiger partial charge in [-0.25, -0.2) is 0 Å². The summed E-state index contributed by atoms with van der Waals surface area (Å²) in [5, 5.41) is 0. The lowest BCUT2D eigenvalue weighted by molar-refractivity contribution is 0.187. The van der Waals surface area contributed by atoms with E-state index in [-0.39, 0.29) is 0 Å². The van der Waals surface area contributed by atoms with E-state index in [2.05, 4.69) is 86.0 Å². The summed E-state index contributed by atoms with van der Waals surface area (Å²) in [5.41, 5.74) is 2.61. The molecule has 2 aliphatic heterocycles. The molecule has 0 aliphatic carbocycles. The van der Waals surface area contributed by atoms with Crippen molar-refractivity contribution < 1.29 is 9.47 Å². The second-order valence-electron chi connectivity index (χ2n) is 9.70. The molecule has 0 N–H and O–H groups in total. The molecule has 168 valence electrons. The van der Waals surface area contributed by atoms with Crippen LogP contribution in [0.25, 0.3) is 0 Å². The van der Waals surface area contributed by atoms with Crippen LogP contribution in [0.3, 0.4) is 0 Å². The van der Waals surface area contributed by atoms with Crippen LogP contribution in [0, 0.1) is 0 Å². The standard InChI is InChI=1S/C27H38N2O2/c1-20(2)28-15-13-26(18-28)30-24-9-5-22(6-10-24)17-23-7-11-25(12-8-23)31-27-14-16-29(19-27)21(3)4/h5-12,20-21,26-27H,13-19H2,1-4H3. The molecule has 2 saturated heterocycles. The Kier molecular flexibility index (Phi) is 7.19. The summed E-state index contributed by atoms with van der Waals surface area (Å²) >= 11 is 0. The molecule has 4 nitrogen and oxygen atoms in total. The quantitative estimate of drug-likeness (QED) is 0.598. The SMILES string of the molecule is CC(C)N1CCC(Oc2ccc(Cc3ccc(OC4CCN(C(C)C)C4)cc3)cc2)C1. The molecule has 2 aromatic carbocycles. The van der Waals surface area contributed by atoms with E-state index < -0.39 is 0 Å². The van der Waals surface area contributed by atoms with Gasteiger partial charge in [-0.05, 0) is 82.3 Å². The van der Waals surface area contributed by atoms with Gasteiger partial charge in [-0.2, -0.15) is 0 Å². The minimum Gasteiger partial charge on any atom is -0.489 e. The van der Waals surface area contributed by atoms with Crippen LogP contribution in [0.4, 0.5) is 0 Å². The minimum atomic E-state index is 0.313. The van der Waals surface area contributed by atoms with E-state index in [1.807, 2.05) is 0 Å². The molecule has 2 aliphatic rings. The Hall–Kier alpha value is -2.04. The second-order valence-corrected chi connectivity index (χ2v) is 9.70. The van der Waals surface area contributed by atoms with Gasteiger partial charge in [0.1, 0.15) is 23.7 Å². The van der Waals surface area contributed by atoms with Crippen molar-refractivity contribution in [1.29, 1.82) is 0 Å². The minimum absolute atomic E-state index is 0.313. The van der Waals surface area contributed by atoms with E-state index in [1.54, 1.807) is 0 Å². The van der Waals surface area contributed by atoms with Crippen LogP contribution < -0.4 is 9.47 Å². The summed E-state index contributed by atoms with van der Waals surface area (Å²) in [5.74, 6) is 1.96. The highest BCUT2D eigenvalue weighted by Crippen LogP contribution is 2.23. The fourth-order valence-electron chi connectivity index (χ4n) is 4.63. The Bertz CT molecular complexity index is 747. The van der Waals surface area contributed by atoms with Crippen molar-refractivity contribution in [1.82, 2.24) is 9.80 Å². The maximum absolute atomic E-state index is 6.20. The first kappa shape index (κ1) is 22.2. The van der Waals surface area contributed by atoms with Gasteiger partial charge in [0.15, 0.2) is 0 Å². The zero-order valence-electron chi connectivity index (χ0n) is 19.6. The fourth-order valence-corrected chi connectivity index (χ4v) is 4.63. The largest absolute Gasteiger partial charge is 0.489 e. The number of ether oxygens (including phenoxy) is 2. The van der Waals surface area contributed by atoms with Crippen LogP contribution in [0.15, 0.2) is 48.5 Å². The van der Waals surface area contributed by atoms with Gasteiger partial charge in [0.05, 0.1) is 0 Å². The molecule has 2 unspecified atom stereocenters. The lowest BCUT2D eigenvalue weighted by Gasteiger charge is -2.20. The first-order valence-electron chi connectivity index (χ1n) is 12.0. The van der Waals surface area contributed by atoms with E-state index in [0.717, 1.165) is 56.9 Å². The monoisotopic (exact) mass is 422 g/mol. The number of nitrogens with zero attached hydrogens (tertiary/aromatic N) is 2. The Morgan fingerprint density at radius 1 is 0.677 bits per heavy atom. The van der Waals surface area contributed by atoms with Crippen molar-refractivity contribution in [2.75, 3.05) is 26.2 Å². The molecule has 2 atom stereocenters. The van der Waals surface area contributed by atoms with Gasteiger partial charge in [-0.1, -0.05) is 24.3 Å². The van der Waals surface area contributed by atoms with Crippen LogP contribution in [-0.4, -0.2) is 60.3 Å². The number of hydrogen-bond acceptors (Lipinski definition) is 4. The van der Waals surface area contributed by atoms with Crippen LogP contribution >= 0.6 is 0 Å². The molecule has 2 aromatic rings. The van der Waals surface area contributed by atoms with Crippen molar-refractivity contribution >= 4 is 0 Å². The van der Waals surface area contributed by atoms with Crippen molar-refractivity contribution in [2.45, 2.75) is 71.2 Å². The lowest BCUT2D eigenvalue weighted by Crippen LogP contribution is -2.30. The molecule has 0 saturated carbocycles. The fraction of sp³-hybridized carbons (Fsp3) is 0.556. The zero-order chi connectivity index (χ0) is 21.8. The summed E-state index contributed by atoms with van der Waals surface area (Å²) in [6.07, 6.45) is 3.78. The number of benzene rings is 2. The maximum Gasteiger partial charge on any atom is 0.119 e. The molecular formula is C27H38N2O2. The summed E-state index contributed by atoms with van der Waals surface area (Å²) in [7, 11) is 0. The first-order chi connectivity index (χ1) is 15.0. The van der Waals surface area contributed by atoms with Gasteiger partial charge in [0.25, 0.3) is 0 Å². The number of rotatable bonds is 8. The van der Waals surface area contributed by atoms with E-state index in [1.165, 1.54) is 11.1 Å². The topological polar surface area (TPSA) is 24.9 Å². The van der Waals surface area contributed by atoms with Crippen LogP contribution in [0.1, 0.15) is 51.7 Å². The van der Waals surface area contributed by atoms with Crippen molar-refractivity contribution in [3.63, 3.8) is 0 Å². The normalized spacial score (nSPS) is 22.5. The van der Waals surface area contributed by atoms with Gasteiger partial charge < -0.3 is 9.47 Å². The van der Waals surface area contributed by atoms with Crippen LogP contribution in [0.2, 0.25) is 0 Å². The molecule has 0 aromatic heterocycles. The van der Waals surface area contributed by atoms with Crippen molar-refractivity contribution in [2.24, 2.45) is 0 Å². The van der Waals surface area contributed by atoms with E-state index >= 15 is 0 Å². The van der Waals surface area contributed by atoms with Crippen molar-refractivity contribution in [3.05, 3.63) is 59.7 Å². The Labute approximate surface area is 188 Å². The molecule has 2 heterocycles. The van der Waals surface area contributed by atoms with Gasteiger partial charge in [-0.15, -0.1) is 0 Å². The van der Waals surface area contributed by atoms with E-state index in [4.69, 9.17) is 9.47 Å². The smallest absolute Gasteiger partial charge is 0.119 e. The highest BCUT2D eigenvalue weighted by Gasteiger charge is 2.26. The summed E-state index contributed by atoms with van der Waals surface area (Å²) in [4.78, 5) is 4.97. The second kappa shape index (κ2) is 10.1. The number of hydrogen-bond donors (Lipinski definition) is 0. The molecule has 0 spiro atoms. The molecule has 0 bridgehead atoms. The maximum atomic E-state index is 6.20. The van der Waals surface area contributed by atoms with Gasteiger partial charge in [0, 0.05) is 38.3 Å². The molecule has 31 heavy (non-hydrogen) atoms. The molecule has 0 radical (unpaired) electrons. The predicted molar refractivity (Wildman–Crippen MR) is 127 cm³/mol. The average molecular weight is 423 g/mol. The molecule has 2 fully saturated rings. The van der Waals surface area contributed by atoms with Gasteiger partial charge >= 0.3 is 0 Å². The average Bonchev–Trinajstić information content (AvgIpc) is 3.41. The van der Waals surface area contributed by atoms with E-state index in [0.29, 0.717) is 24.3 Å². The molecule has 4 rings (SSSR count). The van der Waals surface area contributed by atoms with E-state index in [9.17, 15) is 0 Å². The summed E-state index contributed by atoms with van der Waals surface area (Å²) in [6, 6.07) is 18.4. The Morgan fingerprint density at radius 2 is 1.06 bits per heavy atom. The third kappa shape index (κ3) is 6.02. The summed E-state index contributed by atoms with van der Waals surface area (Å²) in [6.45, 7) is 13.4. The molecular weight excluding hydrogens is 384 g/mol. The highest BCUT2D eigenvalue weighted by atomic mass is 16.5. The zero-order valence-corrected chi connectivity index (χ0v) is 19.6. The molecule has 4 heteroatoms. The number of likely N-dealkylation sites (tertiary alicyclic amines) is 2. The predicted octanol–water partition coefficient (Wildman–Crippen LogP) is 5.00. The van der Waals surface area contributed by atoms with Gasteiger partial charge in [0.2, 0.25) is 0 Å². The third-order valence-corrected chi connectivity index (χ3v) is 6.67. The lowest BCUT2D eigenvalue weighted by atomic mass is 10.0. The summed E-state index contributed by atoms with van der Waals surface area (Å²) < 4.78 is 12.4. The molecule has 0 amide bonds. The third-order valence-electron chi connectivity index (χ3n) is 6.67. The van der Waals surface area contributed by atoms with Crippen LogP contribution in [0.5, 0.6) is 11.5 Å². The highest BCUT2D eigenvalue weighted by molar-refractivity contribution is 5.34. The van der Waals surface area contributed by atoms with Crippen LogP contribution in [-0.2, 0) is 6.42 Å².